The van der Waals surface area contributed by atoms with Crippen LogP contribution in [0.4, 0.5) is 4.79 Å². The van der Waals surface area contributed by atoms with Crippen molar-refractivity contribution in [3.8, 4) is 0 Å². The van der Waals surface area contributed by atoms with Crippen molar-refractivity contribution < 1.29 is 15.0 Å². The molecule has 2 aliphatic rings. The van der Waals surface area contributed by atoms with E-state index in [-0.39, 0.29) is 19.2 Å². The second-order valence-electron chi connectivity index (χ2n) is 5.51. The van der Waals surface area contributed by atoms with Crippen LogP contribution in [0, 0.1) is 11.8 Å². The predicted octanol–water partition coefficient (Wildman–Crippen LogP) is 0.515. The number of aliphatic hydroxyl groups excluding tert-OH is 2. The third-order valence-electron chi connectivity index (χ3n) is 4.29. The van der Waals surface area contributed by atoms with Gasteiger partial charge in [0.2, 0.25) is 0 Å². The minimum absolute atomic E-state index is 0.141. The van der Waals surface area contributed by atoms with Gasteiger partial charge in [0.15, 0.2) is 0 Å². The maximum Gasteiger partial charge on any atom is 0.319 e. The van der Waals surface area contributed by atoms with Crippen molar-refractivity contribution in [1.29, 1.82) is 0 Å². The van der Waals surface area contributed by atoms with Gasteiger partial charge in [-0.25, -0.2) is 4.79 Å². The van der Waals surface area contributed by atoms with E-state index in [1.807, 2.05) is 9.80 Å². The molecule has 0 radical (unpaired) electrons. The number of nitrogens with zero attached hydrogens (tertiary/aromatic N) is 2. The summed E-state index contributed by atoms with van der Waals surface area (Å²) in [5.74, 6) is 0.739. The van der Waals surface area contributed by atoms with Crippen LogP contribution in [0.3, 0.4) is 0 Å². The van der Waals surface area contributed by atoms with Crippen LogP contribution in [-0.4, -0.2) is 65.4 Å². The van der Waals surface area contributed by atoms with E-state index < -0.39 is 0 Å². The standard InChI is InChI=1S/C13H24N2O3/c16-9-11-1-5-14(6-2-11)13(18)15-7-3-12(10-17)4-8-15/h11-12,16-17H,1-10H2. The number of hydrogen-bond donors (Lipinski definition) is 2. The van der Waals surface area contributed by atoms with Gasteiger partial charge in [0.05, 0.1) is 0 Å². The third kappa shape index (κ3) is 3.14. The Morgan fingerprint density at radius 3 is 1.44 bits per heavy atom. The fourth-order valence-electron chi connectivity index (χ4n) is 2.81. The highest BCUT2D eigenvalue weighted by Crippen LogP contribution is 2.21. The molecule has 2 aliphatic heterocycles. The van der Waals surface area contributed by atoms with Gasteiger partial charge in [0.1, 0.15) is 0 Å². The maximum atomic E-state index is 12.3. The lowest BCUT2D eigenvalue weighted by atomic mass is 9.97. The fourth-order valence-corrected chi connectivity index (χ4v) is 2.81. The molecule has 5 heteroatoms. The van der Waals surface area contributed by atoms with Crippen LogP contribution in [0.25, 0.3) is 0 Å². The maximum absolute atomic E-state index is 12.3. The summed E-state index contributed by atoms with van der Waals surface area (Å²) in [5.41, 5.74) is 0. The van der Waals surface area contributed by atoms with Crippen LogP contribution in [0.2, 0.25) is 0 Å². The van der Waals surface area contributed by atoms with Gasteiger partial charge in [0, 0.05) is 39.4 Å². The van der Waals surface area contributed by atoms with Crippen LogP contribution < -0.4 is 0 Å². The first-order valence-corrected chi connectivity index (χ1v) is 7.00. The molecule has 0 unspecified atom stereocenters. The number of carbonyl (C=O) groups is 1. The number of carbonyl (C=O) groups excluding carboxylic acids is 1. The van der Waals surface area contributed by atoms with E-state index in [1.165, 1.54) is 0 Å². The Kier molecular flexibility index (Phi) is 4.83. The molecule has 0 aromatic rings. The largest absolute Gasteiger partial charge is 0.396 e. The molecule has 2 saturated heterocycles. The Labute approximate surface area is 108 Å². The zero-order valence-corrected chi connectivity index (χ0v) is 10.9. The first kappa shape index (κ1) is 13.6. The van der Waals surface area contributed by atoms with Crippen LogP contribution in [0.15, 0.2) is 0 Å². The van der Waals surface area contributed by atoms with Gasteiger partial charge >= 0.3 is 6.03 Å². The van der Waals surface area contributed by atoms with E-state index in [2.05, 4.69) is 0 Å². The van der Waals surface area contributed by atoms with Crippen LogP contribution >= 0.6 is 0 Å². The zero-order chi connectivity index (χ0) is 13.0. The highest BCUT2D eigenvalue weighted by molar-refractivity contribution is 5.74. The van der Waals surface area contributed by atoms with Gasteiger partial charge in [-0.15, -0.1) is 0 Å². The SMILES string of the molecule is O=C(N1CCC(CO)CC1)N1CCC(CO)CC1. The summed E-state index contributed by atoms with van der Waals surface area (Å²) in [6, 6.07) is 0.141. The van der Waals surface area contributed by atoms with E-state index in [0.717, 1.165) is 51.9 Å². The molecule has 0 aromatic carbocycles. The average Bonchev–Trinajstić information content (AvgIpc) is 2.47. The quantitative estimate of drug-likeness (QED) is 0.757. The number of aliphatic hydroxyl groups is 2. The predicted molar refractivity (Wildman–Crippen MR) is 68.2 cm³/mol. The van der Waals surface area contributed by atoms with E-state index in [9.17, 15) is 4.79 Å². The molecule has 2 amide bonds. The van der Waals surface area contributed by atoms with Crippen molar-refractivity contribution in [2.75, 3.05) is 39.4 Å². The Morgan fingerprint density at radius 1 is 0.833 bits per heavy atom. The lowest BCUT2D eigenvalue weighted by Gasteiger charge is -2.38. The minimum atomic E-state index is 0.141. The van der Waals surface area contributed by atoms with Gasteiger partial charge < -0.3 is 20.0 Å². The van der Waals surface area contributed by atoms with Crippen molar-refractivity contribution in [1.82, 2.24) is 9.80 Å². The van der Waals surface area contributed by atoms with E-state index in [4.69, 9.17) is 10.2 Å². The molecular weight excluding hydrogens is 232 g/mol. The second-order valence-corrected chi connectivity index (χ2v) is 5.51. The van der Waals surface area contributed by atoms with Crippen LogP contribution in [-0.2, 0) is 0 Å². The summed E-state index contributed by atoms with van der Waals surface area (Å²) in [6.07, 6.45) is 3.65. The Bertz CT molecular complexity index is 243. The van der Waals surface area contributed by atoms with Crippen molar-refractivity contribution in [3.05, 3.63) is 0 Å². The van der Waals surface area contributed by atoms with E-state index >= 15 is 0 Å². The smallest absolute Gasteiger partial charge is 0.319 e. The number of likely N-dealkylation sites (tertiary alicyclic amines) is 2. The molecule has 0 bridgehead atoms. The van der Waals surface area contributed by atoms with Gasteiger partial charge in [-0.2, -0.15) is 0 Å². The normalized spacial score (nSPS) is 23.4. The molecule has 18 heavy (non-hydrogen) atoms. The molecular formula is C13H24N2O3. The van der Waals surface area contributed by atoms with Crippen molar-refractivity contribution in [3.63, 3.8) is 0 Å². The lowest BCUT2D eigenvalue weighted by Crippen LogP contribution is -2.49. The number of amides is 2. The minimum Gasteiger partial charge on any atom is -0.396 e. The number of hydrogen-bond acceptors (Lipinski definition) is 3. The molecule has 104 valence electrons. The van der Waals surface area contributed by atoms with Crippen molar-refractivity contribution >= 4 is 6.03 Å². The monoisotopic (exact) mass is 256 g/mol. The highest BCUT2D eigenvalue weighted by atomic mass is 16.3. The molecule has 0 aliphatic carbocycles. The molecule has 2 N–H and O–H groups in total. The first-order chi connectivity index (χ1) is 8.74. The highest BCUT2D eigenvalue weighted by Gasteiger charge is 2.28. The Morgan fingerprint density at radius 2 is 1.17 bits per heavy atom. The van der Waals surface area contributed by atoms with E-state index in [1.54, 1.807) is 0 Å². The molecule has 2 rings (SSSR count). The molecule has 0 spiro atoms. The molecule has 2 fully saturated rings. The van der Waals surface area contributed by atoms with Crippen molar-refractivity contribution in [2.45, 2.75) is 25.7 Å². The summed E-state index contributed by atoms with van der Waals surface area (Å²) in [4.78, 5) is 16.1. The molecule has 5 nitrogen and oxygen atoms in total. The van der Waals surface area contributed by atoms with Gasteiger partial charge in [-0.3, -0.25) is 0 Å². The average molecular weight is 256 g/mol. The van der Waals surface area contributed by atoms with Crippen molar-refractivity contribution in [2.24, 2.45) is 11.8 Å². The summed E-state index contributed by atoms with van der Waals surface area (Å²) >= 11 is 0. The Hall–Kier alpha value is -0.810. The molecule has 0 saturated carbocycles. The molecule has 0 atom stereocenters. The second kappa shape index (κ2) is 6.38. The summed E-state index contributed by atoms with van der Waals surface area (Å²) in [5, 5.41) is 18.2. The lowest BCUT2D eigenvalue weighted by molar-refractivity contribution is 0.0940. The molecule has 2 heterocycles. The van der Waals surface area contributed by atoms with Crippen LogP contribution in [0.1, 0.15) is 25.7 Å². The van der Waals surface area contributed by atoms with Gasteiger partial charge in [0.25, 0.3) is 0 Å². The molecule has 0 aromatic heterocycles. The summed E-state index contributed by atoms with van der Waals surface area (Å²) < 4.78 is 0. The van der Waals surface area contributed by atoms with Crippen LogP contribution in [0.5, 0.6) is 0 Å². The third-order valence-corrected chi connectivity index (χ3v) is 4.29. The number of urea groups is 1. The zero-order valence-electron chi connectivity index (χ0n) is 10.9. The summed E-state index contributed by atoms with van der Waals surface area (Å²) in [7, 11) is 0. The van der Waals surface area contributed by atoms with Gasteiger partial charge in [-0.1, -0.05) is 0 Å². The Balaban J connectivity index is 1.78. The summed E-state index contributed by atoms with van der Waals surface area (Å²) in [6.45, 7) is 3.55. The number of rotatable bonds is 2. The fraction of sp³-hybridized carbons (Fsp3) is 0.923. The van der Waals surface area contributed by atoms with Gasteiger partial charge in [-0.05, 0) is 37.5 Å². The van der Waals surface area contributed by atoms with E-state index in [0.29, 0.717) is 11.8 Å². The topological polar surface area (TPSA) is 64.0 Å². The number of piperidine rings is 2. The first-order valence-electron chi connectivity index (χ1n) is 7.00.